The molecule has 1 aliphatic heterocycles. The molecule has 1 amide bonds. The van der Waals surface area contributed by atoms with Crippen molar-refractivity contribution in [2.24, 2.45) is 0 Å². The van der Waals surface area contributed by atoms with E-state index in [-0.39, 0.29) is 29.4 Å². The standard InChI is InChI=1S/C29H31N3O4S2/c1-4-20(2)32(38(34,35)26-9-5-7-21-8-6-16-30-28(21)26)19-27(33)31-17-14-25-24(15-18-37-25)29(31)22-10-12-23(36-3)13-11-22/h5-13,15-16,18,20,29H,4,14,17,19H2,1-3H3. The molecule has 0 radical (unpaired) electrons. The first kappa shape index (κ1) is 26.3. The van der Waals surface area contributed by atoms with Gasteiger partial charge in [-0.3, -0.25) is 9.78 Å². The average molecular weight is 550 g/mol. The van der Waals surface area contributed by atoms with Gasteiger partial charge in [0.05, 0.1) is 25.2 Å². The van der Waals surface area contributed by atoms with Crippen molar-refractivity contribution in [3.8, 4) is 5.75 Å². The number of para-hydroxylation sites is 1. The van der Waals surface area contributed by atoms with Crippen LogP contribution in [0.2, 0.25) is 0 Å². The Bertz CT molecular complexity index is 1540. The smallest absolute Gasteiger partial charge is 0.245 e. The van der Waals surface area contributed by atoms with Crippen LogP contribution in [0.4, 0.5) is 0 Å². The van der Waals surface area contributed by atoms with Crippen LogP contribution < -0.4 is 4.74 Å². The molecule has 198 valence electrons. The summed E-state index contributed by atoms with van der Waals surface area (Å²) in [5.74, 6) is 0.519. The lowest BCUT2D eigenvalue weighted by atomic mass is 9.93. The zero-order valence-electron chi connectivity index (χ0n) is 21.7. The van der Waals surface area contributed by atoms with Crippen LogP contribution in [-0.4, -0.2) is 54.8 Å². The number of amides is 1. The fourth-order valence-corrected chi connectivity index (χ4v) is 7.77. The van der Waals surface area contributed by atoms with Crippen molar-refractivity contribution < 1.29 is 17.9 Å². The van der Waals surface area contributed by atoms with Gasteiger partial charge in [-0.05, 0) is 66.6 Å². The van der Waals surface area contributed by atoms with E-state index >= 15 is 0 Å². The number of carbonyl (C=O) groups excluding carboxylic acids is 1. The van der Waals surface area contributed by atoms with Gasteiger partial charge in [0.15, 0.2) is 0 Å². The third-order valence-electron chi connectivity index (χ3n) is 7.27. The molecule has 7 nitrogen and oxygen atoms in total. The monoisotopic (exact) mass is 549 g/mol. The topological polar surface area (TPSA) is 79.8 Å². The molecule has 2 unspecified atom stereocenters. The third kappa shape index (κ3) is 4.81. The molecule has 2 aromatic carbocycles. The van der Waals surface area contributed by atoms with Crippen molar-refractivity contribution in [2.75, 3.05) is 20.2 Å². The molecule has 3 heterocycles. The molecule has 0 spiro atoms. The lowest BCUT2D eigenvalue weighted by Crippen LogP contribution is -2.49. The van der Waals surface area contributed by atoms with Crippen LogP contribution in [0.3, 0.4) is 0 Å². The Labute approximate surface area is 227 Å². The van der Waals surface area contributed by atoms with Gasteiger partial charge in [-0.15, -0.1) is 11.3 Å². The molecule has 5 rings (SSSR count). The molecule has 1 aliphatic rings. The minimum Gasteiger partial charge on any atom is -0.497 e. The van der Waals surface area contributed by atoms with Crippen LogP contribution in [-0.2, 0) is 21.2 Å². The van der Waals surface area contributed by atoms with E-state index in [1.807, 2.05) is 55.1 Å². The minimum absolute atomic E-state index is 0.120. The maximum absolute atomic E-state index is 14.0. The van der Waals surface area contributed by atoms with Crippen molar-refractivity contribution in [3.05, 3.63) is 88.2 Å². The van der Waals surface area contributed by atoms with E-state index in [1.54, 1.807) is 42.8 Å². The minimum atomic E-state index is -4.00. The fraction of sp³-hybridized carbons (Fsp3) is 0.310. The molecule has 0 aliphatic carbocycles. The maximum Gasteiger partial charge on any atom is 0.245 e. The molecular weight excluding hydrogens is 518 g/mol. The summed E-state index contributed by atoms with van der Waals surface area (Å²) in [4.78, 5) is 21.5. The summed E-state index contributed by atoms with van der Waals surface area (Å²) in [6.07, 6.45) is 2.90. The summed E-state index contributed by atoms with van der Waals surface area (Å²) < 4.78 is 34.8. The van der Waals surface area contributed by atoms with Crippen LogP contribution in [0.1, 0.15) is 42.3 Å². The second-order valence-corrected chi connectivity index (χ2v) is 12.3. The highest BCUT2D eigenvalue weighted by Crippen LogP contribution is 2.38. The Kier molecular flexibility index (Phi) is 7.52. The first-order chi connectivity index (χ1) is 18.3. The van der Waals surface area contributed by atoms with Crippen LogP contribution in [0, 0.1) is 0 Å². The van der Waals surface area contributed by atoms with Crippen LogP contribution in [0.15, 0.2) is 77.1 Å². The number of methoxy groups -OCH3 is 1. The van der Waals surface area contributed by atoms with Gasteiger partial charge in [-0.25, -0.2) is 8.42 Å². The van der Waals surface area contributed by atoms with Gasteiger partial charge in [0.25, 0.3) is 0 Å². The highest BCUT2D eigenvalue weighted by atomic mass is 32.2. The Morgan fingerprint density at radius 3 is 2.66 bits per heavy atom. The van der Waals surface area contributed by atoms with E-state index < -0.39 is 10.0 Å². The highest BCUT2D eigenvalue weighted by Gasteiger charge is 2.37. The number of ether oxygens (including phenoxy) is 1. The molecule has 2 atom stereocenters. The summed E-state index contributed by atoms with van der Waals surface area (Å²) in [5.41, 5.74) is 2.47. The summed E-state index contributed by atoms with van der Waals surface area (Å²) in [5, 5.41) is 2.79. The van der Waals surface area contributed by atoms with E-state index in [1.165, 1.54) is 9.18 Å². The van der Waals surface area contributed by atoms with Crippen LogP contribution in [0.5, 0.6) is 5.75 Å². The maximum atomic E-state index is 14.0. The van der Waals surface area contributed by atoms with Crippen molar-refractivity contribution >= 4 is 38.2 Å². The van der Waals surface area contributed by atoms with Gasteiger partial charge < -0.3 is 9.64 Å². The lowest BCUT2D eigenvalue weighted by molar-refractivity contribution is -0.133. The third-order valence-corrected chi connectivity index (χ3v) is 10.3. The Balaban J connectivity index is 1.51. The van der Waals surface area contributed by atoms with Gasteiger partial charge in [-0.1, -0.05) is 37.3 Å². The normalized spacial score (nSPS) is 16.4. The number of fused-ring (bicyclic) bond motifs is 2. The second kappa shape index (κ2) is 10.8. The number of aromatic nitrogens is 1. The molecule has 0 N–H and O–H groups in total. The summed E-state index contributed by atoms with van der Waals surface area (Å²) in [6.45, 7) is 4.05. The van der Waals surface area contributed by atoms with E-state index in [0.29, 0.717) is 18.5 Å². The van der Waals surface area contributed by atoms with E-state index in [0.717, 1.165) is 28.7 Å². The van der Waals surface area contributed by atoms with Crippen LogP contribution >= 0.6 is 11.3 Å². The van der Waals surface area contributed by atoms with Crippen LogP contribution in [0.25, 0.3) is 10.9 Å². The van der Waals surface area contributed by atoms with Gasteiger partial charge >= 0.3 is 0 Å². The summed E-state index contributed by atoms with van der Waals surface area (Å²) in [7, 11) is -2.38. The number of pyridine rings is 1. The SMILES string of the molecule is CCC(C)N(CC(=O)N1CCc2sccc2C1c1ccc(OC)cc1)S(=O)(=O)c1cccc2cccnc12. The number of rotatable bonds is 8. The Morgan fingerprint density at radius 2 is 1.92 bits per heavy atom. The lowest BCUT2D eigenvalue weighted by Gasteiger charge is -2.38. The first-order valence-corrected chi connectivity index (χ1v) is 15.0. The number of thiophene rings is 1. The van der Waals surface area contributed by atoms with Gasteiger partial charge in [0.1, 0.15) is 10.6 Å². The molecule has 0 fully saturated rings. The van der Waals surface area contributed by atoms with Crippen molar-refractivity contribution in [2.45, 2.75) is 43.7 Å². The predicted molar refractivity (Wildman–Crippen MR) is 150 cm³/mol. The number of carbonyl (C=O) groups is 1. The number of nitrogens with zero attached hydrogens (tertiary/aromatic N) is 3. The highest BCUT2D eigenvalue weighted by molar-refractivity contribution is 7.89. The zero-order valence-corrected chi connectivity index (χ0v) is 23.3. The molecule has 0 saturated heterocycles. The average Bonchev–Trinajstić information content (AvgIpc) is 3.43. The van der Waals surface area contributed by atoms with Crippen molar-refractivity contribution in [1.82, 2.24) is 14.2 Å². The fourth-order valence-electron chi connectivity index (χ4n) is 5.05. The first-order valence-electron chi connectivity index (χ1n) is 12.7. The molecule has 4 aromatic rings. The molecular formula is C29H31N3O4S2. The molecule has 0 bridgehead atoms. The number of benzene rings is 2. The Morgan fingerprint density at radius 1 is 1.16 bits per heavy atom. The largest absolute Gasteiger partial charge is 0.497 e. The van der Waals surface area contributed by atoms with E-state index in [4.69, 9.17) is 4.74 Å². The van der Waals surface area contributed by atoms with Crippen molar-refractivity contribution in [1.29, 1.82) is 0 Å². The number of sulfonamides is 1. The van der Waals surface area contributed by atoms with E-state index in [9.17, 15) is 13.2 Å². The number of hydrogen-bond acceptors (Lipinski definition) is 6. The molecule has 38 heavy (non-hydrogen) atoms. The molecule has 2 aromatic heterocycles. The Hall–Kier alpha value is -3.27. The quantitative estimate of drug-likeness (QED) is 0.299. The van der Waals surface area contributed by atoms with Crippen molar-refractivity contribution in [3.63, 3.8) is 0 Å². The second-order valence-electron chi connectivity index (χ2n) is 9.45. The zero-order chi connectivity index (χ0) is 26.9. The summed E-state index contributed by atoms with van der Waals surface area (Å²) >= 11 is 1.69. The van der Waals surface area contributed by atoms with Gasteiger partial charge in [0.2, 0.25) is 15.9 Å². The molecule has 0 saturated carbocycles. The van der Waals surface area contributed by atoms with Gasteiger partial charge in [0, 0.05) is 29.0 Å². The molecule has 9 heteroatoms. The number of hydrogen-bond donors (Lipinski definition) is 0. The summed E-state index contributed by atoms with van der Waals surface area (Å²) in [6, 6.07) is 17.9. The van der Waals surface area contributed by atoms with E-state index in [2.05, 4.69) is 16.4 Å². The van der Waals surface area contributed by atoms with Gasteiger partial charge in [-0.2, -0.15) is 4.31 Å². The predicted octanol–water partition coefficient (Wildman–Crippen LogP) is 5.27.